The maximum absolute atomic E-state index is 8.86. The number of hydrogen-bond acceptors (Lipinski definition) is 3. The molecule has 2 saturated heterocycles. The molecule has 0 saturated carbocycles. The first-order valence-electron chi connectivity index (χ1n) is 6.53. The van der Waals surface area contributed by atoms with E-state index in [4.69, 9.17) is 5.26 Å². The highest BCUT2D eigenvalue weighted by Crippen LogP contribution is 2.29. The summed E-state index contributed by atoms with van der Waals surface area (Å²) in [6.07, 6.45) is 4.02. The fourth-order valence-electron chi connectivity index (χ4n) is 3.32. The third kappa shape index (κ3) is 2.56. The number of hydrogen-bond donors (Lipinski definition) is 0. The number of nitrogens with zero attached hydrogens (tertiary/aromatic N) is 3. The number of fused-ring (bicyclic) bond motifs is 1. The number of piperidine rings is 2. The minimum absolute atomic E-state index is 0.179. The van der Waals surface area contributed by atoms with Gasteiger partial charge in [-0.15, -0.1) is 0 Å². The van der Waals surface area contributed by atoms with Crippen LogP contribution in [-0.4, -0.2) is 49.1 Å². The highest BCUT2D eigenvalue weighted by molar-refractivity contribution is 4.91. The van der Waals surface area contributed by atoms with Gasteiger partial charge in [-0.2, -0.15) is 5.26 Å². The first-order chi connectivity index (χ1) is 7.70. The van der Waals surface area contributed by atoms with E-state index in [9.17, 15) is 0 Å². The van der Waals surface area contributed by atoms with Gasteiger partial charge in [-0.3, -0.25) is 0 Å². The molecule has 3 unspecified atom stereocenters. The van der Waals surface area contributed by atoms with Gasteiger partial charge in [-0.05, 0) is 52.2 Å². The number of likely N-dealkylation sites (tertiary alicyclic amines) is 2. The molecule has 2 rings (SSSR count). The average molecular weight is 221 g/mol. The lowest BCUT2D eigenvalue weighted by Gasteiger charge is -2.46. The fourth-order valence-corrected chi connectivity index (χ4v) is 3.32. The van der Waals surface area contributed by atoms with Crippen LogP contribution >= 0.6 is 0 Å². The predicted octanol–water partition coefficient (Wildman–Crippen LogP) is 1.56. The highest BCUT2D eigenvalue weighted by Gasteiger charge is 2.34. The lowest BCUT2D eigenvalue weighted by Crippen LogP contribution is -2.53. The van der Waals surface area contributed by atoms with E-state index in [1.54, 1.807) is 0 Å². The average Bonchev–Trinajstić information content (AvgIpc) is 2.29. The van der Waals surface area contributed by atoms with Crippen molar-refractivity contribution in [2.45, 2.75) is 32.2 Å². The Morgan fingerprint density at radius 3 is 2.94 bits per heavy atom. The minimum Gasteiger partial charge on any atom is -0.303 e. The van der Waals surface area contributed by atoms with Crippen molar-refractivity contribution in [3.05, 3.63) is 0 Å². The van der Waals surface area contributed by atoms with E-state index in [1.807, 2.05) is 6.92 Å². The van der Waals surface area contributed by atoms with Gasteiger partial charge in [0.15, 0.2) is 0 Å². The van der Waals surface area contributed by atoms with E-state index < -0.39 is 0 Å². The summed E-state index contributed by atoms with van der Waals surface area (Å²) < 4.78 is 0. The molecular weight excluding hydrogens is 198 g/mol. The third-order valence-corrected chi connectivity index (χ3v) is 4.18. The summed E-state index contributed by atoms with van der Waals surface area (Å²) in [5.41, 5.74) is 0. The van der Waals surface area contributed by atoms with E-state index in [0.29, 0.717) is 0 Å². The van der Waals surface area contributed by atoms with Gasteiger partial charge in [-0.25, -0.2) is 0 Å². The topological polar surface area (TPSA) is 30.3 Å². The van der Waals surface area contributed by atoms with Crippen LogP contribution in [0.3, 0.4) is 0 Å². The van der Waals surface area contributed by atoms with Crippen molar-refractivity contribution >= 4 is 0 Å². The minimum atomic E-state index is 0.179. The molecule has 2 fully saturated rings. The van der Waals surface area contributed by atoms with Crippen LogP contribution in [0.2, 0.25) is 0 Å². The highest BCUT2D eigenvalue weighted by atomic mass is 15.2. The molecule has 0 aliphatic carbocycles. The zero-order valence-electron chi connectivity index (χ0n) is 10.5. The van der Waals surface area contributed by atoms with Crippen molar-refractivity contribution in [2.24, 2.45) is 11.8 Å². The molecule has 0 radical (unpaired) electrons. The summed E-state index contributed by atoms with van der Waals surface area (Å²) in [4.78, 5) is 5.04. The summed E-state index contributed by atoms with van der Waals surface area (Å²) in [5, 5.41) is 8.86. The van der Waals surface area contributed by atoms with E-state index in [1.165, 1.54) is 38.9 Å². The molecule has 0 bridgehead atoms. The van der Waals surface area contributed by atoms with Gasteiger partial charge < -0.3 is 9.80 Å². The zero-order chi connectivity index (χ0) is 11.5. The van der Waals surface area contributed by atoms with E-state index in [2.05, 4.69) is 22.9 Å². The number of rotatable bonds is 2. The lowest BCUT2D eigenvalue weighted by molar-refractivity contribution is 0.0359. The zero-order valence-corrected chi connectivity index (χ0v) is 10.5. The second-order valence-corrected chi connectivity index (χ2v) is 5.53. The Morgan fingerprint density at radius 2 is 2.19 bits per heavy atom. The Labute approximate surface area is 99.0 Å². The molecule has 0 aromatic carbocycles. The van der Waals surface area contributed by atoms with Gasteiger partial charge in [0.25, 0.3) is 0 Å². The standard InChI is InChI=1S/C13H23N3/c1-11(8-14)9-16-7-5-13-12(10-16)4-3-6-15(13)2/h11-13H,3-7,9-10H2,1-2H3. The molecule has 2 heterocycles. The van der Waals surface area contributed by atoms with E-state index in [-0.39, 0.29) is 5.92 Å². The Morgan fingerprint density at radius 1 is 1.38 bits per heavy atom. The monoisotopic (exact) mass is 221 g/mol. The Kier molecular flexibility index (Phi) is 3.83. The second-order valence-electron chi connectivity index (χ2n) is 5.53. The Hall–Kier alpha value is -0.590. The van der Waals surface area contributed by atoms with Crippen LogP contribution in [0.15, 0.2) is 0 Å². The summed E-state index contributed by atoms with van der Waals surface area (Å²) in [6.45, 7) is 6.65. The van der Waals surface area contributed by atoms with Gasteiger partial charge in [0.05, 0.1) is 12.0 Å². The molecule has 3 heteroatoms. The van der Waals surface area contributed by atoms with Gasteiger partial charge in [0, 0.05) is 19.1 Å². The van der Waals surface area contributed by atoms with Crippen molar-refractivity contribution in [1.82, 2.24) is 9.80 Å². The normalized spacial score (nSPS) is 34.1. The molecule has 3 nitrogen and oxygen atoms in total. The molecule has 2 aliphatic heterocycles. The summed E-state index contributed by atoms with van der Waals surface area (Å²) >= 11 is 0. The van der Waals surface area contributed by atoms with Gasteiger partial charge >= 0.3 is 0 Å². The molecule has 2 aliphatic rings. The SMILES string of the molecule is CC(C#N)CN1CCC2C(CCCN2C)C1. The molecule has 0 N–H and O–H groups in total. The Balaban J connectivity index is 1.88. The van der Waals surface area contributed by atoms with Gasteiger partial charge in [0.1, 0.15) is 0 Å². The summed E-state index contributed by atoms with van der Waals surface area (Å²) in [5.74, 6) is 1.02. The molecule has 0 aromatic heterocycles. The maximum Gasteiger partial charge on any atom is 0.0666 e. The quantitative estimate of drug-likeness (QED) is 0.709. The molecule has 16 heavy (non-hydrogen) atoms. The molecule has 3 atom stereocenters. The smallest absolute Gasteiger partial charge is 0.0666 e. The molecule has 0 spiro atoms. The van der Waals surface area contributed by atoms with Gasteiger partial charge in [-0.1, -0.05) is 0 Å². The van der Waals surface area contributed by atoms with Crippen molar-refractivity contribution in [3.63, 3.8) is 0 Å². The van der Waals surface area contributed by atoms with Crippen LogP contribution in [-0.2, 0) is 0 Å². The van der Waals surface area contributed by atoms with Crippen LogP contribution in [0.25, 0.3) is 0 Å². The maximum atomic E-state index is 8.86. The summed E-state index contributed by atoms with van der Waals surface area (Å²) in [6, 6.07) is 3.15. The van der Waals surface area contributed by atoms with E-state index in [0.717, 1.165) is 18.5 Å². The first-order valence-corrected chi connectivity index (χ1v) is 6.53. The van der Waals surface area contributed by atoms with E-state index >= 15 is 0 Å². The molecule has 0 aromatic rings. The first kappa shape index (κ1) is 11.9. The summed E-state index contributed by atoms with van der Waals surface area (Å²) in [7, 11) is 2.27. The van der Waals surface area contributed by atoms with Crippen molar-refractivity contribution in [3.8, 4) is 6.07 Å². The second kappa shape index (κ2) is 5.16. The van der Waals surface area contributed by atoms with Gasteiger partial charge in [0.2, 0.25) is 0 Å². The molecule has 0 amide bonds. The van der Waals surface area contributed by atoms with Crippen LogP contribution in [0, 0.1) is 23.2 Å². The van der Waals surface area contributed by atoms with Crippen molar-refractivity contribution < 1.29 is 0 Å². The van der Waals surface area contributed by atoms with Crippen LogP contribution < -0.4 is 0 Å². The molecular formula is C13H23N3. The largest absolute Gasteiger partial charge is 0.303 e. The van der Waals surface area contributed by atoms with Crippen LogP contribution in [0.1, 0.15) is 26.2 Å². The van der Waals surface area contributed by atoms with Crippen molar-refractivity contribution in [1.29, 1.82) is 5.26 Å². The van der Waals surface area contributed by atoms with Crippen LogP contribution in [0.5, 0.6) is 0 Å². The van der Waals surface area contributed by atoms with Crippen molar-refractivity contribution in [2.75, 3.05) is 33.2 Å². The molecule has 90 valence electrons. The lowest BCUT2D eigenvalue weighted by atomic mass is 9.84. The predicted molar refractivity (Wildman–Crippen MR) is 65.0 cm³/mol. The number of nitriles is 1. The third-order valence-electron chi connectivity index (χ3n) is 4.18. The van der Waals surface area contributed by atoms with Crippen LogP contribution in [0.4, 0.5) is 0 Å². The Bertz CT molecular complexity index is 271. The fraction of sp³-hybridized carbons (Fsp3) is 0.923.